The van der Waals surface area contributed by atoms with Crippen molar-refractivity contribution in [3.05, 3.63) is 33.9 Å². The SMILES string of the molecule is Cc1nc2ccc(Br)cc2c(N2CCN(CC3CCOC3)CC2)c1C. The number of nitrogens with zero attached hydrogens (tertiary/aromatic N) is 3. The van der Waals surface area contributed by atoms with E-state index in [9.17, 15) is 0 Å². The first-order chi connectivity index (χ1) is 12.1. The molecule has 2 aliphatic heterocycles. The summed E-state index contributed by atoms with van der Waals surface area (Å²) in [6.07, 6.45) is 1.22. The summed E-state index contributed by atoms with van der Waals surface area (Å²) in [5.41, 5.74) is 4.90. The summed E-state index contributed by atoms with van der Waals surface area (Å²) >= 11 is 3.63. The Kier molecular flexibility index (Phi) is 4.98. The molecule has 0 radical (unpaired) electrons. The van der Waals surface area contributed by atoms with E-state index in [1.54, 1.807) is 0 Å². The quantitative estimate of drug-likeness (QED) is 0.779. The van der Waals surface area contributed by atoms with Gasteiger partial charge in [0.15, 0.2) is 0 Å². The molecule has 0 saturated carbocycles. The van der Waals surface area contributed by atoms with Gasteiger partial charge in [0.05, 0.1) is 17.8 Å². The Morgan fingerprint density at radius 2 is 2.00 bits per heavy atom. The zero-order chi connectivity index (χ0) is 17.4. The topological polar surface area (TPSA) is 28.6 Å². The second-order valence-electron chi connectivity index (χ2n) is 7.35. The van der Waals surface area contributed by atoms with Gasteiger partial charge in [-0.15, -0.1) is 0 Å². The largest absolute Gasteiger partial charge is 0.381 e. The molecule has 1 aromatic heterocycles. The van der Waals surface area contributed by atoms with Crippen molar-refractivity contribution in [2.45, 2.75) is 20.3 Å². The van der Waals surface area contributed by atoms with Crippen LogP contribution in [0.1, 0.15) is 17.7 Å². The molecule has 5 heteroatoms. The number of pyridine rings is 1. The first-order valence-electron chi connectivity index (χ1n) is 9.23. The van der Waals surface area contributed by atoms with Crippen molar-refractivity contribution in [1.82, 2.24) is 9.88 Å². The summed E-state index contributed by atoms with van der Waals surface area (Å²) in [7, 11) is 0. The first kappa shape index (κ1) is 17.3. The standard InChI is InChI=1S/C20H26BrN3O/c1-14-15(2)22-19-4-3-17(21)11-18(19)20(14)24-8-6-23(7-9-24)12-16-5-10-25-13-16/h3-4,11,16H,5-10,12-13H2,1-2H3. The van der Waals surface area contributed by atoms with Gasteiger partial charge in [-0.3, -0.25) is 9.88 Å². The van der Waals surface area contributed by atoms with Crippen LogP contribution in [0.2, 0.25) is 0 Å². The molecule has 2 fully saturated rings. The predicted octanol–water partition coefficient (Wildman–Crippen LogP) is 3.77. The number of ether oxygens (including phenoxy) is 1. The van der Waals surface area contributed by atoms with Crippen molar-refractivity contribution in [2.75, 3.05) is 50.8 Å². The summed E-state index contributed by atoms with van der Waals surface area (Å²) in [5, 5.41) is 1.26. The molecule has 1 atom stereocenters. The van der Waals surface area contributed by atoms with Gasteiger partial charge in [0.1, 0.15) is 0 Å². The second kappa shape index (κ2) is 7.22. The lowest BCUT2D eigenvalue weighted by atomic mass is 10.0. The highest BCUT2D eigenvalue weighted by molar-refractivity contribution is 9.10. The smallest absolute Gasteiger partial charge is 0.0727 e. The third kappa shape index (κ3) is 3.55. The van der Waals surface area contributed by atoms with Crippen molar-refractivity contribution in [1.29, 1.82) is 0 Å². The normalized spacial score (nSPS) is 22.0. The molecule has 4 nitrogen and oxygen atoms in total. The van der Waals surface area contributed by atoms with Gasteiger partial charge in [-0.2, -0.15) is 0 Å². The molecular formula is C20H26BrN3O. The van der Waals surface area contributed by atoms with E-state index in [-0.39, 0.29) is 0 Å². The van der Waals surface area contributed by atoms with Crippen LogP contribution in [0.4, 0.5) is 5.69 Å². The number of benzene rings is 1. The summed E-state index contributed by atoms with van der Waals surface area (Å²) in [6, 6.07) is 6.41. The van der Waals surface area contributed by atoms with Crippen LogP contribution < -0.4 is 4.90 Å². The molecule has 134 valence electrons. The Hall–Kier alpha value is -1.17. The van der Waals surface area contributed by atoms with Gasteiger partial charge >= 0.3 is 0 Å². The molecule has 0 amide bonds. The fraction of sp³-hybridized carbons (Fsp3) is 0.550. The Morgan fingerprint density at radius 3 is 2.72 bits per heavy atom. The number of anilines is 1. The first-order valence-corrected chi connectivity index (χ1v) is 10.0. The maximum absolute atomic E-state index is 5.53. The van der Waals surface area contributed by atoms with Gasteiger partial charge in [0.25, 0.3) is 0 Å². The van der Waals surface area contributed by atoms with Crippen molar-refractivity contribution in [2.24, 2.45) is 5.92 Å². The van der Waals surface area contributed by atoms with E-state index in [4.69, 9.17) is 9.72 Å². The lowest BCUT2D eigenvalue weighted by Crippen LogP contribution is -2.48. The molecule has 0 aliphatic carbocycles. The minimum absolute atomic E-state index is 0.730. The summed E-state index contributed by atoms with van der Waals surface area (Å²) < 4.78 is 6.65. The minimum atomic E-state index is 0.730. The molecular weight excluding hydrogens is 378 g/mol. The lowest BCUT2D eigenvalue weighted by Gasteiger charge is -2.38. The van der Waals surface area contributed by atoms with Crippen LogP contribution in [0.5, 0.6) is 0 Å². The highest BCUT2D eigenvalue weighted by Gasteiger charge is 2.24. The van der Waals surface area contributed by atoms with Crippen LogP contribution in [0, 0.1) is 19.8 Å². The number of fused-ring (bicyclic) bond motifs is 1. The van der Waals surface area contributed by atoms with Crippen LogP contribution in [0.3, 0.4) is 0 Å². The van der Waals surface area contributed by atoms with Gasteiger partial charge < -0.3 is 9.64 Å². The monoisotopic (exact) mass is 403 g/mol. The lowest BCUT2D eigenvalue weighted by molar-refractivity contribution is 0.164. The van der Waals surface area contributed by atoms with Crippen LogP contribution in [-0.4, -0.2) is 55.8 Å². The van der Waals surface area contributed by atoms with Crippen molar-refractivity contribution in [3.8, 4) is 0 Å². The van der Waals surface area contributed by atoms with Gasteiger partial charge in [-0.05, 0) is 49.9 Å². The number of aromatic nitrogens is 1. The third-order valence-electron chi connectivity index (χ3n) is 5.63. The Balaban J connectivity index is 1.56. The fourth-order valence-corrected chi connectivity index (χ4v) is 4.45. The number of rotatable bonds is 3. The molecule has 1 unspecified atom stereocenters. The maximum atomic E-state index is 5.53. The average Bonchev–Trinajstić information content (AvgIpc) is 3.11. The Bertz CT molecular complexity index is 765. The zero-order valence-corrected chi connectivity index (χ0v) is 16.7. The van der Waals surface area contributed by atoms with Gasteiger partial charge in [-0.1, -0.05) is 15.9 Å². The van der Waals surface area contributed by atoms with Crippen molar-refractivity contribution in [3.63, 3.8) is 0 Å². The molecule has 25 heavy (non-hydrogen) atoms. The van der Waals surface area contributed by atoms with Crippen molar-refractivity contribution >= 4 is 32.5 Å². The van der Waals surface area contributed by atoms with Gasteiger partial charge in [0, 0.05) is 54.9 Å². The highest BCUT2D eigenvalue weighted by atomic mass is 79.9. The highest BCUT2D eigenvalue weighted by Crippen LogP contribution is 2.33. The van der Waals surface area contributed by atoms with Crippen LogP contribution in [0.15, 0.2) is 22.7 Å². The van der Waals surface area contributed by atoms with E-state index in [0.717, 1.165) is 61.0 Å². The molecule has 4 rings (SSSR count). The Morgan fingerprint density at radius 1 is 1.20 bits per heavy atom. The van der Waals surface area contributed by atoms with E-state index < -0.39 is 0 Å². The summed E-state index contributed by atoms with van der Waals surface area (Å²) in [4.78, 5) is 9.95. The zero-order valence-electron chi connectivity index (χ0n) is 15.1. The van der Waals surface area contributed by atoms with E-state index in [1.807, 2.05) is 0 Å². The molecule has 2 aromatic rings. The van der Waals surface area contributed by atoms with Gasteiger partial charge in [-0.25, -0.2) is 0 Å². The minimum Gasteiger partial charge on any atom is -0.381 e. The van der Waals surface area contributed by atoms with Crippen molar-refractivity contribution < 1.29 is 4.74 Å². The molecule has 3 heterocycles. The summed E-state index contributed by atoms with van der Waals surface area (Å²) in [6.45, 7) is 11.8. The van der Waals surface area contributed by atoms with E-state index in [0.29, 0.717) is 0 Å². The molecule has 1 aromatic carbocycles. The second-order valence-corrected chi connectivity index (χ2v) is 8.27. The number of hydrogen-bond acceptors (Lipinski definition) is 4. The molecule has 0 bridgehead atoms. The predicted molar refractivity (Wildman–Crippen MR) is 106 cm³/mol. The van der Waals surface area contributed by atoms with Crippen LogP contribution in [-0.2, 0) is 4.74 Å². The number of hydrogen-bond donors (Lipinski definition) is 0. The summed E-state index contributed by atoms with van der Waals surface area (Å²) in [5.74, 6) is 0.730. The van der Waals surface area contributed by atoms with E-state index in [1.165, 1.54) is 29.6 Å². The third-order valence-corrected chi connectivity index (χ3v) is 6.12. The number of piperazine rings is 1. The molecule has 0 spiro atoms. The van der Waals surface area contributed by atoms with Crippen LogP contribution >= 0.6 is 15.9 Å². The van der Waals surface area contributed by atoms with Gasteiger partial charge in [0.2, 0.25) is 0 Å². The van der Waals surface area contributed by atoms with E-state index in [2.05, 4.69) is 57.8 Å². The Labute approximate surface area is 158 Å². The van der Waals surface area contributed by atoms with E-state index >= 15 is 0 Å². The fourth-order valence-electron chi connectivity index (χ4n) is 4.09. The number of halogens is 1. The molecule has 2 aliphatic rings. The molecule has 0 N–H and O–H groups in total. The average molecular weight is 404 g/mol. The maximum Gasteiger partial charge on any atom is 0.0727 e. The number of aryl methyl sites for hydroxylation is 1. The molecule has 2 saturated heterocycles. The van der Waals surface area contributed by atoms with Crippen LogP contribution in [0.25, 0.3) is 10.9 Å².